The molecule has 2 aromatic rings. The highest BCUT2D eigenvalue weighted by molar-refractivity contribution is 7.88. The van der Waals surface area contributed by atoms with Crippen molar-refractivity contribution >= 4 is 21.6 Å². The highest BCUT2D eigenvalue weighted by Crippen LogP contribution is 2.16. The van der Waals surface area contributed by atoms with Gasteiger partial charge < -0.3 is 5.32 Å². The lowest BCUT2D eigenvalue weighted by Crippen LogP contribution is -2.32. The van der Waals surface area contributed by atoms with Gasteiger partial charge in [0, 0.05) is 25.6 Å². The van der Waals surface area contributed by atoms with Crippen LogP contribution in [0, 0.1) is 18.6 Å². The van der Waals surface area contributed by atoms with Crippen LogP contribution in [-0.4, -0.2) is 31.4 Å². The van der Waals surface area contributed by atoms with Crippen LogP contribution in [0.4, 0.5) is 14.5 Å². The summed E-state index contributed by atoms with van der Waals surface area (Å²) >= 11 is 0. The van der Waals surface area contributed by atoms with Gasteiger partial charge in [-0.05, 0) is 30.2 Å². The Morgan fingerprint density at radius 2 is 1.85 bits per heavy atom. The second-order valence-corrected chi connectivity index (χ2v) is 7.93. The van der Waals surface area contributed by atoms with Crippen molar-refractivity contribution in [3.05, 3.63) is 65.2 Å². The molecule has 140 valence electrons. The van der Waals surface area contributed by atoms with E-state index in [9.17, 15) is 22.0 Å². The third kappa shape index (κ3) is 5.60. The first kappa shape index (κ1) is 20.0. The maximum absolute atomic E-state index is 13.6. The Labute approximate surface area is 151 Å². The van der Waals surface area contributed by atoms with Gasteiger partial charge in [-0.3, -0.25) is 4.79 Å². The molecule has 5 nitrogen and oxygen atoms in total. The highest BCUT2D eigenvalue weighted by Gasteiger charge is 2.19. The number of hydrogen-bond donors (Lipinski definition) is 1. The number of halogens is 2. The number of nitrogens with one attached hydrogen (secondary N) is 1. The first-order chi connectivity index (χ1) is 12.2. The van der Waals surface area contributed by atoms with Crippen LogP contribution >= 0.6 is 0 Å². The molecule has 2 rings (SSSR count). The lowest BCUT2D eigenvalue weighted by molar-refractivity contribution is -0.116. The van der Waals surface area contributed by atoms with Gasteiger partial charge in [0.25, 0.3) is 0 Å². The van der Waals surface area contributed by atoms with Crippen LogP contribution in [0.25, 0.3) is 0 Å². The molecule has 0 unspecified atom stereocenters. The normalized spacial score (nSPS) is 11.6. The summed E-state index contributed by atoms with van der Waals surface area (Å²) in [5, 5.41) is 2.32. The van der Waals surface area contributed by atoms with E-state index in [4.69, 9.17) is 0 Å². The lowest BCUT2D eigenvalue weighted by Gasteiger charge is -2.21. The quantitative estimate of drug-likeness (QED) is 0.800. The molecular weight excluding hydrogens is 362 g/mol. The van der Waals surface area contributed by atoms with Crippen molar-refractivity contribution in [2.45, 2.75) is 19.9 Å². The number of rotatable bonds is 7. The zero-order chi connectivity index (χ0) is 19.3. The summed E-state index contributed by atoms with van der Waals surface area (Å²) in [4.78, 5) is 12.0. The maximum atomic E-state index is 13.6. The molecular formula is C18H20F2N2O3S. The molecule has 0 spiro atoms. The Hall–Kier alpha value is -2.32. The smallest absolute Gasteiger partial charge is 0.225 e. The van der Waals surface area contributed by atoms with Gasteiger partial charge in [-0.2, -0.15) is 4.31 Å². The van der Waals surface area contributed by atoms with Crippen LogP contribution in [-0.2, 0) is 21.4 Å². The average Bonchev–Trinajstić information content (AvgIpc) is 2.54. The average molecular weight is 382 g/mol. The summed E-state index contributed by atoms with van der Waals surface area (Å²) in [6.45, 7) is 1.96. The predicted molar refractivity (Wildman–Crippen MR) is 96.0 cm³/mol. The van der Waals surface area contributed by atoms with E-state index in [2.05, 4.69) is 5.32 Å². The van der Waals surface area contributed by atoms with Crippen LogP contribution in [0.1, 0.15) is 17.5 Å². The summed E-state index contributed by atoms with van der Waals surface area (Å²) in [6, 6.07) is 10.2. The third-order valence-electron chi connectivity index (χ3n) is 3.87. The number of carbonyl (C=O) groups excluding carboxylic acids is 1. The van der Waals surface area contributed by atoms with E-state index in [0.29, 0.717) is 6.07 Å². The zero-order valence-corrected chi connectivity index (χ0v) is 15.3. The highest BCUT2D eigenvalue weighted by atomic mass is 32.2. The van der Waals surface area contributed by atoms with Gasteiger partial charge in [-0.25, -0.2) is 17.2 Å². The number of hydrogen-bond acceptors (Lipinski definition) is 3. The topological polar surface area (TPSA) is 66.5 Å². The molecule has 0 heterocycles. The van der Waals surface area contributed by atoms with Gasteiger partial charge in [0.1, 0.15) is 11.6 Å². The Morgan fingerprint density at radius 1 is 1.15 bits per heavy atom. The van der Waals surface area contributed by atoms with E-state index in [1.165, 1.54) is 4.31 Å². The van der Waals surface area contributed by atoms with E-state index in [1.54, 1.807) is 0 Å². The SMILES string of the molecule is Cc1ccccc1CN(CCC(=O)Nc1ccc(F)cc1F)S(C)(=O)=O. The molecule has 0 aromatic heterocycles. The summed E-state index contributed by atoms with van der Waals surface area (Å²) in [5.74, 6) is -2.20. The van der Waals surface area contributed by atoms with Crippen LogP contribution in [0.3, 0.4) is 0 Å². The summed E-state index contributed by atoms with van der Waals surface area (Å²) in [6.07, 6.45) is 0.915. The van der Waals surface area contributed by atoms with Crippen LogP contribution in [0.2, 0.25) is 0 Å². The molecule has 2 aromatic carbocycles. The van der Waals surface area contributed by atoms with Gasteiger partial charge in [-0.1, -0.05) is 24.3 Å². The molecule has 1 amide bonds. The maximum Gasteiger partial charge on any atom is 0.225 e. The standard InChI is InChI=1S/C18H20F2N2O3S/c1-13-5-3-4-6-14(13)12-22(26(2,24)25)10-9-18(23)21-17-8-7-15(19)11-16(17)20/h3-8,11H,9-10,12H2,1-2H3,(H,21,23). The molecule has 0 atom stereocenters. The number of benzene rings is 2. The minimum Gasteiger partial charge on any atom is -0.324 e. The number of sulfonamides is 1. The Balaban J connectivity index is 2.03. The molecule has 0 saturated heterocycles. The molecule has 0 aliphatic rings. The monoisotopic (exact) mass is 382 g/mol. The fourth-order valence-corrected chi connectivity index (χ4v) is 3.17. The van der Waals surface area contributed by atoms with E-state index in [0.717, 1.165) is 29.5 Å². The summed E-state index contributed by atoms with van der Waals surface area (Å²) < 4.78 is 51.6. The van der Waals surface area contributed by atoms with Crippen LogP contribution < -0.4 is 5.32 Å². The number of carbonyl (C=O) groups is 1. The molecule has 0 aliphatic heterocycles. The first-order valence-electron chi connectivity index (χ1n) is 7.91. The van der Waals surface area contributed by atoms with E-state index in [1.807, 2.05) is 31.2 Å². The Morgan fingerprint density at radius 3 is 2.46 bits per heavy atom. The fourth-order valence-electron chi connectivity index (χ4n) is 2.37. The molecule has 8 heteroatoms. The van der Waals surface area contributed by atoms with Crippen molar-refractivity contribution in [1.29, 1.82) is 0 Å². The summed E-state index contributed by atoms with van der Waals surface area (Å²) in [7, 11) is -3.53. The van der Waals surface area contributed by atoms with Crippen molar-refractivity contribution in [3.63, 3.8) is 0 Å². The predicted octanol–water partition coefficient (Wildman–Crippen LogP) is 3.06. The van der Waals surface area contributed by atoms with Crippen LogP contribution in [0.15, 0.2) is 42.5 Å². The first-order valence-corrected chi connectivity index (χ1v) is 9.76. The minimum atomic E-state index is -3.53. The number of aryl methyl sites for hydroxylation is 1. The van der Waals surface area contributed by atoms with Gasteiger partial charge in [0.2, 0.25) is 15.9 Å². The van der Waals surface area contributed by atoms with Gasteiger partial charge in [0.05, 0.1) is 11.9 Å². The summed E-state index contributed by atoms with van der Waals surface area (Å²) in [5.41, 5.74) is 1.63. The Kier molecular flexibility index (Phi) is 6.44. The van der Waals surface area contributed by atoms with Crippen molar-refractivity contribution in [1.82, 2.24) is 4.31 Å². The largest absolute Gasteiger partial charge is 0.324 e. The van der Waals surface area contributed by atoms with Gasteiger partial charge in [0.15, 0.2) is 0 Å². The number of amides is 1. The molecule has 0 radical (unpaired) electrons. The molecule has 0 aliphatic carbocycles. The molecule has 0 bridgehead atoms. The third-order valence-corrected chi connectivity index (χ3v) is 5.12. The van der Waals surface area contributed by atoms with E-state index in [-0.39, 0.29) is 25.2 Å². The minimum absolute atomic E-state index is 0.0538. The van der Waals surface area contributed by atoms with E-state index < -0.39 is 27.6 Å². The van der Waals surface area contributed by atoms with E-state index >= 15 is 0 Å². The molecule has 0 fully saturated rings. The van der Waals surface area contributed by atoms with Crippen LogP contribution in [0.5, 0.6) is 0 Å². The number of anilines is 1. The lowest BCUT2D eigenvalue weighted by atomic mass is 10.1. The molecule has 0 saturated carbocycles. The van der Waals surface area contributed by atoms with Crippen molar-refractivity contribution in [2.24, 2.45) is 0 Å². The van der Waals surface area contributed by atoms with Gasteiger partial charge >= 0.3 is 0 Å². The van der Waals surface area contributed by atoms with Gasteiger partial charge in [-0.15, -0.1) is 0 Å². The van der Waals surface area contributed by atoms with Crippen molar-refractivity contribution in [3.8, 4) is 0 Å². The fraction of sp³-hybridized carbons (Fsp3) is 0.278. The molecule has 1 N–H and O–H groups in total. The van der Waals surface area contributed by atoms with Crippen molar-refractivity contribution in [2.75, 3.05) is 18.1 Å². The number of nitrogens with zero attached hydrogens (tertiary/aromatic N) is 1. The second-order valence-electron chi connectivity index (χ2n) is 5.95. The zero-order valence-electron chi connectivity index (χ0n) is 14.5. The van der Waals surface area contributed by atoms with Crippen molar-refractivity contribution < 1.29 is 22.0 Å². The second kappa shape index (κ2) is 8.37. The Bertz CT molecular complexity index is 901. The molecule has 26 heavy (non-hydrogen) atoms.